The van der Waals surface area contributed by atoms with Crippen LogP contribution in [0, 0.1) is 0 Å². The molecule has 1 aromatic heterocycles. The van der Waals surface area contributed by atoms with Crippen molar-refractivity contribution in [3.05, 3.63) is 104 Å². The molecule has 2 unspecified atom stereocenters. The predicted octanol–water partition coefficient (Wildman–Crippen LogP) is -0.624. The molecule has 8 bridgehead atoms. The number of carbonyl (C=O) groups is 7. The van der Waals surface area contributed by atoms with E-state index in [0.717, 1.165) is 30.3 Å². The first-order valence-corrected chi connectivity index (χ1v) is 27.3. The molecule has 16 N–H and O–H groups in total. The summed E-state index contributed by atoms with van der Waals surface area (Å²) in [6.07, 6.45) is -1.17. The number of rotatable bonds is 9. The Morgan fingerprint density at radius 1 is 0.571 bits per heavy atom. The largest absolute Gasteiger partial charge is 0.504 e. The van der Waals surface area contributed by atoms with Crippen LogP contribution in [0.1, 0.15) is 114 Å². The Morgan fingerprint density at radius 3 is 1.48 bits per heavy atom. The molecule has 84 heavy (non-hydrogen) atoms. The summed E-state index contributed by atoms with van der Waals surface area (Å²) in [5.74, 6) is -10.1. The normalized spacial score (nSPS) is 19.1. The van der Waals surface area contributed by atoms with Crippen LogP contribution in [0.4, 0.5) is 4.79 Å². The second-order valence-corrected chi connectivity index (χ2v) is 20.9. The molecule has 10 aliphatic rings. The van der Waals surface area contributed by atoms with E-state index in [-0.39, 0.29) is 155 Å². The van der Waals surface area contributed by atoms with Crippen LogP contribution >= 0.6 is 0 Å². The second-order valence-electron chi connectivity index (χ2n) is 20.9. The second kappa shape index (κ2) is 29.9. The minimum atomic E-state index is -1.61. The molecule has 0 saturated heterocycles. The van der Waals surface area contributed by atoms with Crippen LogP contribution in [0.5, 0.6) is 34.5 Å². The molecule has 0 aliphatic carbocycles. The smallest absolute Gasteiger partial charge is 0.407 e. The highest BCUT2D eigenvalue weighted by molar-refractivity contribution is 6.04. The first-order chi connectivity index (χ1) is 39.9. The quantitative estimate of drug-likeness (QED) is 0.0564. The number of ether oxygens (including phenoxy) is 1. The predicted molar refractivity (Wildman–Crippen MR) is 300 cm³/mol. The van der Waals surface area contributed by atoms with Gasteiger partial charge in [0.25, 0.3) is 41.0 Å². The van der Waals surface area contributed by atoms with Gasteiger partial charge in [-0.1, -0.05) is 12.1 Å². The van der Waals surface area contributed by atoms with Gasteiger partial charge in [0.05, 0.1) is 27.8 Å². The molecule has 10 aliphatic heterocycles. The van der Waals surface area contributed by atoms with Gasteiger partial charge in [0.1, 0.15) is 17.5 Å². The van der Waals surface area contributed by atoms with Crippen molar-refractivity contribution in [1.29, 1.82) is 0 Å². The lowest BCUT2D eigenvalue weighted by molar-refractivity contribution is 0.0525. The number of phenolic OH excluding ortho intramolecular Hbond substituents is 6. The number of alkyl carbamates (subject to hydrolysis) is 1. The Kier molecular flexibility index (Phi) is 22.9. The molecule has 7 amide bonds. The van der Waals surface area contributed by atoms with E-state index in [1.165, 1.54) is 24.3 Å². The molecule has 29 nitrogen and oxygen atoms in total. The summed E-state index contributed by atoms with van der Waals surface area (Å²) in [5.41, 5.74) is -3.97. The number of hydrogen-bond donors (Lipinski definition) is 16. The van der Waals surface area contributed by atoms with Crippen LogP contribution in [0.25, 0.3) is 0 Å². The number of unbranched alkanes of at least 4 members (excludes halogenated alkanes) is 1. The standard InChI is InChI=1S/C55H74N12O17/c1-55(2,3)84-54(82)62-16-5-4-7-32(63-53(81)39-8-6-9-40(68)67(39)83)31-66-28-22-61-52(80)38-15-14-35(43(71)46(38)74)49(77)58-19-25-64-23-17-56-47(75)33-10-12-36(44(72)41(33)69)50(78)59-20-26-65(29-30-66)27-21-60-51(79)37-13-11-34(42(70)45(37)73)48(76)57-18-24-64/h6,8-15,32,49,58,69-74,77,83H,4-5,7,16-31H2,1-3H3,(H,56,75)(H,57,76)(H,59,78)(H,60,79)(H,61,80)(H,62,82)(H,63,81). The summed E-state index contributed by atoms with van der Waals surface area (Å²) in [6, 6.07) is 9.89. The number of carbonyl (C=O) groups excluding carboxylic acids is 7. The molecule has 456 valence electrons. The summed E-state index contributed by atoms with van der Waals surface area (Å²) in [7, 11) is 0. The fraction of sp³-hybridized carbons (Fsp3) is 0.455. The molecule has 14 rings (SSSR count). The van der Waals surface area contributed by atoms with Crippen LogP contribution < -0.4 is 48.1 Å². The van der Waals surface area contributed by atoms with Crippen molar-refractivity contribution in [2.45, 2.75) is 57.9 Å². The van der Waals surface area contributed by atoms with Gasteiger partial charge in [0, 0.05) is 122 Å². The molecular weight excluding hydrogens is 1100 g/mol. The van der Waals surface area contributed by atoms with E-state index in [2.05, 4.69) is 42.5 Å². The fourth-order valence-corrected chi connectivity index (χ4v) is 9.18. The SMILES string of the molecule is CC(C)(C)OC(=O)NCCCCC(CN1CCNC(=O)c2ccc(c(O)c2O)C(O)NCCN2CCNC(=O)c3ccc(c(O)c3O)C(=O)NCCN(CCNC(=O)c3ccc(c(O)c3O)C(=O)NCC2)CC1)NC(=O)c1cccc(=O)n1O. The number of phenols is 6. The van der Waals surface area contributed by atoms with Crippen LogP contribution in [0.3, 0.4) is 0 Å². The molecule has 0 fully saturated rings. The van der Waals surface area contributed by atoms with Crippen molar-refractivity contribution >= 4 is 41.5 Å². The van der Waals surface area contributed by atoms with Crippen LogP contribution in [-0.4, -0.2) is 218 Å². The average molecular weight is 1180 g/mol. The third kappa shape index (κ3) is 17.8. The van der Waals surface area contributed by atoms with Gasteiger partial charge in [-0.2, -0.15) is 0 Å². The molecule has 29 heteroatoms. The maximum Gasteiger partial charge on any atom is 0.407 e. The van der Waals surface area contributed by atoms with Crippen molar-refractivity contribution in [3.63, 3.8) is 0 Å². The molecule has 3 aromatic carbocycles. The Labute approximate surface area is 482 Å². The number of aliphatic hydroxyl groups excluding tert-OH is 1. The van der Waals surface area contributed by atoms with E-state index in [0.29, 0.717) is 12.8 Å². The van der Waals surface area contributed by atoms with Crippen molar-refractivity contribution in [1.82, 2.24) is 62.0 Å². The fourth-order valence-electron chi connectivity index (χ4n) is 9.18. The van der Waals surface area contributed by atoms with Crippen LogP contribution in [0.15, 0.2) is 59.4 Å². The number of nitrogens with zero attached hydrogens (tertiary/aromatic N) is 4. The van der Waals surface area contributed by atoms with Gasteiger partial charge in [0.15, 0.2) is 34.5 Å². The molecule has 0 saturated carbocycles. The zero-order valence-corrected chi connectivity index (χ0v) is 46.8. The first-order valence-electron chi connectivity index (χ1n) is 27.3. The highest BCUT2D eigenvalue weighted by atomic mass is 16.6. The molecule has 2 atom stereocenters. The van der Waals surface area contributed by atoms with E-state index in [9.17, 15) is 79.3 Å². The maximum atomic E-state index is 13.8. The van der Waals surface area contributed by atoms with E-state index in [1.807, 2.05) is 4.90 Å². The Hall–Kier alpha value is -8.90. The number of aromatic hydroxyl groups is 6. The number of benzene rings is 3. The number of pyridine rings is 1. The van der Waals surface area contributed by atoms with E-state index in [1.54, 1.807) is 30.6 Å². The van der Waals surface area contributed by atoms with Gasteiger partial charge >= 0.3 is 6.09 Å². The van der Waals surface area contributed by atoms with Gasteiger partial charge < -0.3 is 82.9 Å². The summed E-state index contributed by atoms with van der Waals surface area (Å²) in [5, 5.41) is 110. The molecule has 0 radical (unpaired) electrons. The highest BCUT2D eigenvalue weighted by Gasteiger charge is 2.27. The Bertz CT molecular complexity index is 3000. The summed E-state index contributed by atoms with van der Waals surface area (Å²) in [6.45, 7) is 5.43. The molecular formula is C55H74N12O17. The van der Waals surface area contributed by atoms with Gasteiger partial charge in [-0.3, -0.25) is 53.6 Å². The third-order valence-corrected chi connectivity index (χ3v) is 13.7. The van der Waals surface area contributed by atoms with Gasteiger partial charge in [-0.15, -0.1) is 4.73 Å². The maximum absolute atomic E-state index is 13.8. The van der Waals surface area contributed by atoms with Crippen molar-refractivity contribution in [2.75, 3.05) is 105 Å². The Balaban J connectivity index is 1.37. The highest BCUT2D eigenvalue weighted by Crippen LogP contribution is 2.36. The van der Waals surface area contributed by atoms with Crippen molar-refractivity contribution < 1.29 is 79.3 Å². The topological polar surface area (TPSA) is 419 Å². The molecule has 4 aromatic rings. The van der Waals surface area contributed by atoms with E-state index in [4.69, 9.17) is 4.74 Å². The van der Waals surface area contributed by atoms with Crippen LogP contribution in [0.2, 0.25) is 0 Å². The van der Waals surface area contributed by atoms with Gasteiger partial charge in [-0.05, 0) is 76.4 Å². The number of aromatic nitrogens is 1. The van der Waals surface area contributed by atoms with Crippen molar-refractivity contribution in [3.8, 4) is 34.5 Å². The summed E-state index contributed by atoms with van der Waals surface area (Å²) in [4.78, 5) is 112. The lowest BCUT2D eigenvalue weighted by Crippen LogP contribution is -2.49. The van der Waals surface area contributed by atoms with Crippen LogP contribution in [-0.2, 0) is 4.74 Å². The minimum Gasteiger partial charge on any atom is -0.504 e. The average Bonchev–Trinajstić information content (AvgIpc) is 2.91. The zero-order valence-electron chi connectivity index (χ0n) is 46.8. The first kappa shape index (κ1) is 64.3. The minimum absolute atomic E-state index is 0.0270. The van der Waals surface area contributed by atoms with Gasteiger partial charge in [0.2, 0.25) is 0 Å². The number of hydrogen-bond acceptors (Lipinski definition) is 21. The lowest BCUT2D eigenvalue weighted by Gasteiger charge is -2.31. The van der Waals surface area contributed by atoms with Crippen molar-refractivity contribution in [2.24, 2.45) is 0 Å². The number of amides is 7. The van der Waals surface area contributed by atoms with Gasteiger partial charge in [-0.25, -0.2) is 4.79 Å². The Morgan fingerprint density at radius 2 is 1.00 bits per heavy atom. The third-order valence-electron chi connectivity index (χ3n) is 13.7. The number of aliphatic hydroxyl groups is 1. The lowest BCUT2D eigenvalue weighted by atomic mass is 10.1. The number of nitrogens with one attached hydrogen (secondary N) is 8. The molecule has 11 heterocycles. The monoisotopic (exact) mass is 1170 g/mol. The summed E-state index contributed by atoms with van der Waals surface area (Å²) < 4.78 is 5.53. The summed E-state index contributed by atoms with van der Waals surface area (Å²) >= 11 is 0. The van der Waals surface area contributed by atoms with E-state index < -0.39 is 99.5 Å². The van der Waals surface area contributed by atoms with E-state index >= 15 is 0 Å². The zero-order chi connectivity index (χ0) is 61.3. The molecule has 0 spiro atoms.